The van der Waals surface area contributed by atoms with Gasteiger partial charge in [0, 0.05) is 11.5 Å². The van der Waals surface area contributed by atoms with E-state index in [2.05, 4.69) is 0 Å². The molecule has 2 rings (SSSR count). The molecule has 1 atom stereocenters. The van der Waals surface area contributed by atoms with E-state index in [9.17, 15) is 9.18 Å². The van der Waals surface area contributed by atoms with Gasteiger partial charge in [-0.2, -0.15) is 0 Å². The molecular formula is C11H10ClFO. The van der Waals surface area contributed by atoms with Crippen LogP contribution in [0.1, 0.15) is 23.8 Å². The number of alkyl halides is 1. The standard InChI is InChI=1S/C11H10ClFO/c12-10(11(14)7-5-6-7)8-3-1-2-4-9(8)13/h1-4,7,10H,5-6H2. The van der Waals surface area contributed by atoms with Gasteiger partial charge >= 0.3 is 0 Å². The van der Waals surface area contributed by atoms with E-state index in [4.69, 9.17) is 11.6 Å². The average molecular weight is 213 g/mol. The first-order chi connectivity index (χ1) is 6.70. The van der Waals surface area contributed by atoms with Gasteiger partial charge in [0.2, 0.25) is 0 Å². The third-order valence-corrected chi connectivity index (χ3v) is 2.86. The highest BCUT2D eigenvalue weighted by atomic mass is 35.5. The maximum Gasteiger partial charge on any atom is 0.158 e. The molecule has 1 aromatic carbocycles. The van der Waals surface area contributed by atoms with Crippen LogP contribution in [0.3, 0.4) is 0 Å². The van der Waals surface area contributed by atoms with Crippen LogP contribution in [0.5, 0.6) is 0 Å². The van der Waals surface area contributed by atoms with E-state index in [1.165, 1.54) is 6.07 Å². The second-order valence-electron chi connectivity index (χ2n) is 3.56. The molecule has 1 nitrogen and oxygen atoms in total. The predicted octanol–water partition coefficient (Wildman–Crippen LogP) is 3.08. The largest absolute Gasteiger partial charge is 0.297 e. The Bertz CT molecular complexity index is 360. The van der Waals surface area contributed by atoms with Crippen LogP contribution in [-0.2, 0) is 4.79 Å². The lowest BCUT2D eigenvalue weighted by molar-refractivity contribution is -0.120. The maximum absolute atomic E-state index is 13.2. The Balaban J connectivity index is 2.21. The highest BCUT2D eigenvalue weighted by molar-refractivity contribution is 6.31. The molecule has 0 radical (unpaired) electrons. The summed E-state index contributed by atoms with van der Waals surface area (Å²) in [6, 6.07) is 6.16. The van der Waals surface area contributed by atoms with E-state index in [-0.39, 0.29) is 11.7 Å². The molecule has 0 saturated heterocycles. The quantitative estimate of drug-likeness (QED) is 0.704. The molecule has 0 amide bonds. The summed E-state index contributed by atoms with van der Waals surface area (Å²) in [5.41, 5.74) is 0.297. The van der Waals surface area contributed by atoms with Crippen LogP contribution in [-0.4, -0.2) is 5.78 Å². The summed E-state index contributed by atoms with van der Waals surface area (Å²) < 4.78 is 13.2. The lowest BCUT2D eigenvalue weighted by Crippen LogP contribution is -2.10. The van der Waals surface area contributed by atoms with Gasteiger partial charge in [-0.3, -0.25) is 4.79 Å². The second kappa shape index (κ2) is 3.70. The predicted molar refractivity (Wildman–Crippen MR) is 52.7 cm³/mol. The van der Waals surface area contributed by atoms with E-state index < -0.39 is 11.2 Å². The van der Waals surface area contributed by atoms with Gasteiger partial charge in [-0.05, 0) is 18.9 Å². The van der Waals surface area contributed by atoms with Gasteiger partial charge in [0.05, 0.1) is 0 Å². The summed E-state index contributed by atoms with van der Waals surface area (Å²) in [4.78, 5) is 11.6. The van der Waals surface area contributed by atoms with E-state index >= 15 is 0 Å². The highest BCUT2D eigenvalue weighted by Gasteiger charge is 2.35. The number of Topliss-reactive ketones (excluding diaryl/α,β-unsaturated/α-hetero) is 1. The molecule has 74 valence electrons. The SMILES string of the molecule is O=C(C1CC1)C(Cl)c1ccccc1F. The van der Waals surface area contributed by atoms with Crippen molar-refractivity contribution in [1.82, 2.24) is 0 Å². The second-order valence-corrected chi connectivity index (χ2v) is 4.00. The van der Waals surface area contributed by atoms with Crippen molar-refractivity contribution >= 4 is 17.4 Å². The minimum absolute atomic E-state index is 0.0447. The van der Waals surface area contributed by atoms with Crippen LogP contribution >= 0.6 is 11.6 Å². The summed E-state index contributed by atoms with van der Waals surface area (Å²) in [5.74, 6) is -0.379. The van der Waals surface area contributed by atoms with Crippen LogP contribution < -0.4 is 0 Å². The summed E-state index contributed by atoms with van der Waals surface area (Å²) >= 11 is 5.91. The van der Waals surface area contributed by atoms with Gasteiger partial charge in [0.1, 0.15) is 11.2 Å². The third kappa shape index (κ3) is 1.80. The molecule has 1 aromatic rings. The summed E-state index contributed by atoms with van der Waals surface area (Å²) in [6.07, 6.45) is 1.80. The third-order valence-electron chi connectivity index (χ3n) is 2.41. The summed E-state index contributed by atoms with van der Waals surface area (Å²) in [5, 5.41) is -0.816. The average Bonchev–Trinajstić information content (AvgIpc) is 3.00. The number of hydrogen-bond acceptors (Lipinski definition) is 1. The van der Waals surface area contributed by atoms with Crippen molar-refractivity contribution in [1.29, 1.82) is 0 Å². The van der Waals surface area contributed by atoms with Crippen molar-refractivity contribution in [2.24, 2.45) is 5.92 Å². The zero-order chi connectivity index (χ0) is 10.1. The van der Waals surface area contributed by atoms with E-state index in [0.717, 1.165) is 12.8 Å². The van der Waals surface area contributed by atoms with Gasteiger partial charge < -0.3 is 0 Å². The first kappa shape index (κ1) is 9.66. The normalized spacial score (nSPS) is 17.9. The van der Waals surface area contributed by atoms with Crippen molar-refractivity contribution in [3.8, 4) is 0 Å². The van der Waals surface area contributed by atoms with E-state index in [1.54, 1.807) is 18.2 Å². The van der Waals surface area contributed by atoms with Crippen molar-refractivity contribution in [2.75, 3.05) is 0 Å². The molecule has 0 N–H and O–H groups in total. The van der Waals surface area contributed by atoms with Crippen molar-refractivity contribution < 1.29 is 9.18 Å². The fourth-order valence-corrected chi connectivity index (χ4v) is 1.76. The lowest BCUT2D eigenvalue weighted by atomic mass is 10.1. The molecule has 0 aliphatic heterocycles. The molecule has 1 unspecified atom stereocenters. The molecule has 1 saturated carbocycles. The Hall–Kier alpha value is -0.890. The number of hydrogen-bond donors (Lipinski definition) is 0. The van der Waals surface area contributed by atoms with Gasteiger partial charge in [-0.25, -0.2) is 4.39 Å². The Labute approximate surface area is 86.9 Å². The van der Waals surface area contributed by atoms with Crippen LogP contribution in [0.15, 0.2) is 24.3 Å². The molecule has 0 heterocycles. The molecule has 0 bridgehead atoms. The molecule has 3 heteroatoms. The van der Waals surface area contributed by atoms with Crippen molar-refractivity contribution in [3.63, 3.8) is 0 Å². The number of halogens is 2. The molecule has 1 aliphatic carbocycles. The topological polar surface area (TPSA) is 17.1 Å². The van der Waals surface area contributed by atoms with E-state index in [0.29, 0.717) is 5.56 Å². The number of benzene rings is 1. The lowest BCUT2D eigenvalue weighted by Gasteiger charge is -2.08. The molecule has 14 heavy (non-hydrogen) atoms. The molecular weight excluding hydrogens is 203 g/mol. The Kier molecular flexibility index (Phi) is 2.55. The molecule has 1 fully saturated rings. The van der Waals surface area contributed by atoms with Crippen LogP contribution in [0.25, 0.3) is 0 Å². The van der Waals surface area contributed by atoms with Crippen LogP contribution in [0, 0.1) is 11.7 Å². The van der Waals surface area contributed by atoms with Gasteiger partial charge in [0.15, 0.2) is 5.78 Å². The Morgan fingerprint density at radius 2 is 2.07 bits per heavy atom. The van der Waals surface area contributed by atoms with Crippen molar-refractivity contribution in [2.45, 2.75) is 18.2 Å². The monoisotopic (exact) mass is 212 g/mol. The zero-order valence-corrected chi connectivity index (χ0v) is 8.30. The van der Waals surface area contributed by atoms with Gasteiger partial charge in [-0.1, -0.05) is 18.2 Å². The summed E-state index contributed by atoms with van der Waals surface area (Å²) in [6.45, 7) is 0. The number of carbonyl (C=O) groups excluding carboxylic acids is 1. The maximum atomic E-state index is 13.2. The number of ketones is 1. The fourth-order valence-electron chi connectivity index (χ4n) is 1.41. The van der Waals surface area contributed by atoms with Crippen LogP contribution in [0.4, 0.5) is 4.39 Å². The molecule has 0 aromatic heterocycles. The van der Waals surface area contributed by atoms with Crippen molar-refractivity contribution in [3.05, 3.63) is 35.6 Å². The van der Waals surface area contributed by atoms with E-state index in [1.807, 2.05) is 0 Å². The van der Waals surface area contributed by atoms with Gasteiger partial charge in [-0.15, -0.1) is 11.6 Å². The van der Waals surface area contributed by atoms with Crippen LogP contribution in [0.2, 0.25) is 0 Å². The Morgan fingerprint density at radius 3 is 2.64 bits per heavy atom. The zero-order valence-electron chi connectivity index (χ0n) is 7.54. The Morgan fingerprint density at radius 1 is 1.43 bits per heavy atom. The minimum Gasteiger partial charge on any atom is -0.297 e. The smallest absolute Gasteiger partial charge is 0.158 e. The first-order valence-electron chi connectivity index (χ1n) is 4.62. The fraction of sp³-hybridized carbons (Fsp3) is 0.364. The highest BCUT2D eigenvalue weighted by Crippen LogP contribution is 2.37. The van der Waals surface area contributed by atoms with Gasteiger partial charge in [0.25, 0.3) is 0 Å². The number of rotatable bonds is 3. The molecule has 0 spiro atoms. The summed E-state index contributed by atoms with van der Waals surface area (Å²) in [7, 11) is 0. The molecule has 1 aliphatic rings. The first-order valence-corrected chi connectivity index (χ1v) is 5.06. The minimum atomic E-state index is -0.816. The number of carbonyl (C=O) groups is 1.